The minimum atomic E-state index is -0.786. The third-order valence-electron chi connectivity index (χ3n) is 3.52. The molecule has 0 bridgehead atoms. The smallest absolute Gasteiger partial charge is 0.159 e. The Hall–Kier alpha value is -0.160. The number of hydrogen-bond acceptors (Lipinski definition) is 4. The predicted molar refractivity (Wildman–Crippen MR) is 63.2 cm³/mol. The normalized spacial score (nSPS) is 30.4. The molecule has 4 heteroatoms. The Morgan fingerprint density at radius 1 is 1.44 bits per heavy atom. The van der Waals surface area contributed by atoms with Crippen LogP contribution in [-0.4, -0.2) is 43.8 Å². The summed E-state index contributed by atoms with van der Waals surface area (Å²) in [5, 5.41) is 13.8. The van der Waals surface area contributed by atoms with Gasteiger partial charge < -0.3 is 19.9 Å². The van der Waals surface area contributed by atoms with Gasteiger partial charge >= 0.3 is 0 Å². The fourth-order valence-corrected chi connectivity index (χ4v) is 2.32. The van der Waals surface area contributed by atoms with E-state index in [4.69, 9.17) is 9.47 Å². The quantitative estimate of drug-likeness (QED) is 0.697. The van der Waals surface area contributed by atoms with Crippen LogP contribution in [0.2, 0.25) is 0 Å². The molecule has 1 saturated heterocycles. The van der Waals surface area contributed by atoms with Crippen LogP contribution in [0.1, 0.15) is 33.1 Å². The molecule has 2 N–H and O–H groups in total. The average Bonchev–Trinajstić information content (AvgIpc) is 2.26. The van der Waals surface area contributed by atoms with Gasteiger partial charge in [0.1, 0.15) is 0 Å². The fourth-order valence-electron chi connectivity index (χ4n) is 2.32. The van der Waals surface area contributed by atoms with E-state index >= 15 is 0 Å². The summed E-state index contributed by atoms with van der Waals surface area (Å²) in [5.41, 5.74) is -0.786. The average molecular weight is 231 g/mol. The maximum atomic E-state index is 10.5. The second-order valence-electron chi connectivity index (χ2n) is 5.10. The van der Waals surface area contributed by atoms with Crippen LogP contribution in [0.5, 0.6) is 0 Å². The molecule has 1 aliphatic rings. The molecule has 1 aliphatic heterocycles. The molecular formula is C12H25NO3. The topological polar surface area (TPSA) is 50.7 Å². The van der Waals surface area contributed by atoms with Crippen LogP contribution in [0.3, 0.4) is 0 Å². The molecule has 96 valence electrons. The summed E-state index contributed by atoms with van der Waals surface area (Å²) in [6.07, 6.45) is 2.34. The highest BCUT2D eigenvalue weighted by molar-refractivity contribution is 4.92. The Morgan fingerprint density at radius 2 is 2.06 bits per heavy atom. The Morgan fingerprint density at radius 3 is 2.56 bits per heavy atom. The molecule has 4 nitrogen and oxygen atoms in total. The SMILES string of the molecule is COC(CC(C)(O)C1CC(C)CCN1)OC. The van der Waals surface area contributed by atoms with E-state index in [9.17, 15) is 5.11 Å². The summed E-state index contributed by atoms with van der Waals surface area (Å²) in [6.45, 7) is 5.06. The zero-order valence-corrected chi connectivity index (χ0v) is 10.8. The number of rotatable bonds is 5. The van der Waals surface area contributed by atoms with E-state index in [1.807, 2.05) is 6.92 Å². The van der Waals surface area contributed by atoms with Crippen molar-refractivity contribution in [3.8, 4) is 0 Å². The van der Waals surface area contributed by atoms with Crippen molar-refractivity contribution in [2.75, 3.05) is 20.8 Å². The van der Waals surface area contributed by atoms with Crippen molar-refractivity contribution in [3.05, 3.63) is 0 Å². The van der Waals surface area contributed by atoms with Crippen molar-refractivity contribution in [1.82, 2.24) is 5.32 Å². The molecule has 0 saturated carbocycles. The van der Waals surface area contributed by atoms with Crippen LogP contribution in [0, 0.1) is 5.92 Å². The minimum absolute atomic E-state index is 0.129. The largest absolute Gasteiger partial charge is 0.388 e. The van der Waals surface area contributed by atoms with Gasteiger partial charge in [-0.05, 0) is 32.2 Å². The van der Waals surface area contributed by atoms with Gasteiger partial charge in [0.25, 0.3) is 0 Å². The highest BCUT2D eigenvalue weighted by Crippen LogP contribution is 2.27. The van der Waals surface area contributed by atoms with Gasteiger partial charge in [-0.1, -0.05) is 6.92 Å². The third-order valence-corrected chi connectivity index (χ3v) is 3.52. The molecule has 3 unspecified atom stereocenters. The Bertz CT molecular complexity index is 204. The molecular weight excluding hydrogens is 206 g/mol. The van der Waals surface area contributed by atoms with Crippen LogP contribution in [0.15, 0.2) is 0 Å². The van der Waals surface area contributed by atoms with E-state index in [0.717, 1.165) is 13.0 Å². The summed E-state index contributed by atoms with van der Waals surface area (Å²) < 4.78 is 10.3. The van der Waals surface area contributed by atoms with Crippen molar-refractivity contribution in [3.63, 3.8) is 0 Å². The molecule has 16 heavy (non-hydrogen) atoms. The number of methoxy groups -OCH3 is 2. The van der Waals surface area contributed by atoms with Crippen LogP contribution < -0.4 is 5.32 Å². The van der Waals surface area contributed by atoms with E-state index in [2.05, 4.69) is 12.2 Å². The highest BCUT2D eigenvalue weighted by Gasteiger charge is 2.36. The first-order valence-corrected chi connectivity index (χ1v) is 6.01. The van der Waals surface area contributed by atoms with Gasteiger partial charge in [0, 0.05) is 26.7 Å². The van der Waals surface area contributed by atoms with Gasteiger partial charge in [-0.3, -0.25) is 0 Å². The lowest BCUT2D eigenvalue weighted by Gasteiger charge is -2.39. The third kappa shape index (κ3) is 3.70. The molecule has 0 aromatic carbocycles. The highest BCUT2D eigenvalue weighted by atomic mass is 16.7. The zero-order chi connectivity index (χ0) is 12.2. The monoisotopic (exact) mass is 231 g/mol. The van der Waals surface area contributed by atoms with Crippen LogP contribution in [0.25, 0.3) is 0 Å². The van der Waals surface area contributed by atoms with Gasteiger partial charge in [-0.25, -0.2) is 0 Å². The van der Waals surface area contributed by atoms with Crippen LogP contribution in [0.4, 0.5) is 0 Å². The lowest BCUT2D eigenvalue weighted by atomic mass is 9.82. The van der Waals surface area contributed by atoms with E-state index in [1.54, 1.807) is 14.2 Å². The van der Waals surface area contributed by atoms with Gasteiger partial charge in [0.2, 0.25) is 0 Å². The van der Waals surface area contributed by atoms with Crippen LogP contribution >= 0.6 is 0 Å². The van der Waals surface area contributed by atoms with Crippen molar-refractivity contribution < 1.29 is 14.6 Å². The maximum Gasteiger partial charge on any atom is 0.159 e. The lowest BCUT2D eigenvalue weighted by molar-refractivity contribution is -0.148. The van der Waals surface area contributed by atoms with Crippen molar-refractivity contribution in [2.24, 2.45) is 5.92 Å². The first kappa shape index (κ1) is 13.9. The van der Waals surface area contributed by atoms with Crippen molar-refractivity contribution >= 4 is 0 Å². The van der Waals surface area contributed by atoms with E-state index in [0.29, 0.717) is 12.3 Å². The lowest BCUT2D eigenvalue weighted by Crippen LogP contribution is -2.54. The first-order valence-electron chi connectivity index (χ1n) is 6.01. The number of hydrogen-bond donors (Lipinski definition) is 2. The summed E-state index contributed by atoms with van der Waals surface area (Å²) in [5.74, 6) is 0.668. The summed E-state index contributed by atoms with van der Waals surface area (Å²) in [6, 6.07) is 0.129. The van der Waals surface area contributed by atoms with E-state index in [1.165, 1.54) is 6.42 Å². The van der Waals surface area contributed by atoms with Crippen molar-refractivity contribution in [2.45, 2.75) is 51.0 Å². The van der Waals surface area contributed by atoms with Gasteiger partial charge in [0.05, 0.1) is 5.60 Å². The van der Waals surface area contributed by atoms with Gasteiger partial charge in [0.15, 0.2) is 6.29 Å². The number of aliphatic hydroxyl groups is 1. The number of ether oxygens (including phenoxy) is 2. The van der Waals surface area contributed by atoms with E-state index < -0.39 is 5.60 Å². The zero-order valence-electron chi connectivity index (χ0n) is 10.8. The summed E-state index contributed by atoms with van der Waals surface area (Å²) in [4.78, 5) is 0. The second-order valence-corrected chi connectivity index (χ2v) is 5.10. The van der Waals surface area contributed by atoms with E-state index in [-0.39, 0.29) is 12.3 Å². The number of nitrogens with one attached hydrogen (secondary N) is 1. The number of piperidine rings is 1. The molecule has 0 spiro atoms. The Balaban J connectivity index is 2.53. The van der Waals surface area contributed by atoms with Gasteiger partial charge in [-0.15, -0.1) is 0 Å². The minimum Gasteiger partial charge on any atom is -0.388 e. The second kappa shape index (κ2) is 5.96. The molecule has 0 aromatic heterocycles. The molecule has 0 amide bonds. The first-order chi connectivity index (χ1) is 7.49. The Kier molecular flexibility index (Phi) is 5.18. The molecule has 0 radical (unpaired) electrons. The Labute approximate surface area is 98.3 Å². The predicted octanol–water partition coefficient (Wildman–Crippen LogP) is 1.13. The molecule has 3 atom stereocenters. The maximum absolute atomic E-state index is 10.5. The van der Waals surface area contributed by atoms with Gasteiger partial charge in [-0.2, -0.15) is 0 Å². The summed E-state index contributed by atoms with van der Waals surface area (Å²) in [7, 11) is 3.20. The molecule has 0 aliphatic carbocycles. The molecule has 1 fully saturated rings. The van der Waals surface area contributed by atoms with Crippen LogP contribution in [-0.2, 0) is 9.47 Å². The van der Waals surface area contributed by atoms with Crippen molar-refractivity contribution in [1.29, 1.82) is 0 Å². The standard InChI is InChI=1S/C12H25NO3/c1-9-5-6-13-10(7-9)12(2,14)8-11(15-3)16-4/h9-11,13-14H,5-8H2,1-4H3. The molecule has 1 rings (SSSR count). The molecule has 0 aromatic rings. The fraction of sp³-hybridized carbons (Fsp3) is 1.00. The summed E-state index contributed by atoms with van der Waals surface area (Å²) >= 11 is 0. The molecule has 1 heterocycles.